The van der Waals surface area contributed by atoms with Crippen molar-refractivity contribution < 1.29 is 14.3 Å². The number of carbonyl (C=O) groups is 2. The Bertz CT molecular complexity index is 824. The van der Waals surface area contributed by atoms with E-state index in [1.165, 1.54) is 31.2 Å². The third-order valence-electron chi connectivity index (χ3n) is 7.87. The van der Waals surface area contributed by atoms with Gasteiger partial charge in [0.1, 0.15) is 17.3 Å². The molecule has 1 saturated carbocycles. The molecule has 1 atom stereocenters. The van der Waals surface area contributed by atoms with Gasteiger partial charge in [-0.2, -0.15) is 0 Å². The minimum atomic E-state index is -0.685. The van der Waals surface area contributed by atoms with Crippen molar-refractivity contribution in [1.29, 1.82) is 0 Å². The molecule has 1 aromatic carbocycles. The van der Waals surface area contributed by atoms with E-state index < -0.39 is 5.54 Å². The first-order chi connectivity index (χ1) is 16.4. The van der Waals surface area contributed by atoms with Crippen LogP contribution in [0.5, 0.6) is 5.75 Å². The van der Waals surface area contributed by atoms with Crippen LogP contribution in [0.1, 0.15) is 84.1 Å². The SMILES string of the molecule is CCCCN1C(=O)C(CC(C)C)NC(=O)C12CCN(Cc1ccc(OC3CCCC3)cc1)CC2. The van der Waals surface area contributed by atoms with Crippen LogP contribution < -0.4 is 10.1 Å². The van der Waals surface area contributed by atoms with Gasteiger partial charge in [0, 0.05) is 26.2 Å². The third-order valence-corrected chi connectivity index (χ3v) is 7.87. The lowest BCUT2D eigenvalue weighted by atomic mass is 9.80. The monoisotopic (exact) mass is 469 g/mol. The Hall–Kier alpha value is -2.08. The van der Waals surface area contributed by atoms with Crippen LogP contribution in [-0.2, 0) is 16.1 Å². The van der Waals surface area contributed by atoms with E-state index in [4.69, 9.17) is 4.74 Å². The van der Waals surface area contributed by atoms with Gasteiger partial charge in [0.25, 0.3) is 0 Å². The van der Waals surface area contributed by atoms with Crippen LogP contribution in [0, 0.1) is 5.92 Å². The maximum Gasteiger partial charge on any atom is 0.246 e. The predicted octanol–water partition coefficient (Wildman–Crippen LogP) is 4.52. The van der Waals surface area contributed by atoms with E-state index in [1.54, 1.807) is 0 Å². The molecular formula is C28H43N3O3. The molecule has 1 unspecified atom stereocenters. The summed E-state index contributed by atoms with van der Waals surface area (Å²) in [5, 5.41) is 3.10. The summed E-state index contributed by atoms with van der Waals surface area (Å²) in [4.78, 5) is 31.2. The normalized spacial score (nSPS) is 23.6. The molecule has 4 rings (SSSR count). The van der Waals surface area contributed by atoms with Crippen molar-refractivity contribution in [2.75, 3.05) is 19.6 Å². The smallest absolute Gasteiger partial charge is 0.246 e. The van der Waals surface area contributed by atoms with Crippen molar-refractivity contribution in [3.8, 4) is 5.75 Å². The average Bonchev–Trinajstić information content (AvgIpc) is 3.33. The van der Waals surface area contributed by atoms with Crippen LogP contribution in [0.25, 0.3) is 0 Å². The number of rotatable bonds is 9. The van der Waals surface area contributed by atoms with Gasteiger partial charge >= 0.3 is 0 Å². The number of amides is 2. The molecule has 188 valence electrons. The summed E-state index contributed by atoms with van der Waals surface area (Å²) in [6.45, 7) is 9.52. The van der Waals surface area contributed by atoms with Gasteiger partial charge in [0.05, 0.1) is 6.10 Å². The summed E-state index contributed by atoms with van der Waals surface area (Å²) >= 11 is 0. The molecule has 0 aromatic heterocycles. The number of ether oxygens (including phenoxy) is 1. The molecule has 2 aliphatic heterocycles. The zero-order valence-electron chi connectivity index (χ0n) is 21.4. The number of benzene rings is 1. The van der Waals surface area contributed by atoms with Crippen LogP contribution in [-0.4, -0.2) is 58.9 Å². The van der Waals surface area contributed by atoms with Gasteiger partial charge in [-0.3, -0.25) is 14.5 Å². The van der Waals surface area contributed by atoms with E-state index in [9.17, 15) is 9.59 Å². The molecule has 1 spiro atoms. The van der Waals surface area contributed by atoms with Gasteiger partial charge < -0.3 is 15.0 Å². The van der Waals surface area contributed by atoms with Crippen molar-refractivity contribution in [2.45, 2.75) is 103 Å². The van der Waals surface area contributed by atoms with E-state index in [-0.39, 0.29) is 17.9 Å². The van der Waals surface area contributed by atoms with E-state index in [0.29, 0.717) is 37.8 Å². The lowest BCUT2D eigenvalue weighted by Crippen LogP contribution is -2.73. The molecule has 1 aliphatic carbocycles. The molecule has 34 heavy (non-hydrogen) atoms. The summed E-state index contributed by atoms with van der Waals surface area (Å²) < 4.78 is 6.10. The fraction of sp³-hybridized carbons (Fsp3) is 0.714. The molecule has 2 amide bonds. The lowest BCUT2D eigenvalue weighted by Gasteiger charge is -2.52. The third kappa shape index (κ3) is 5.59. The molecule has 1 aromatic rings. The van der Waals surface area contributed by atoms with Gasteiger partial charge in [-0.15, -0.1) is 0 Å². The fourth-order valence-corrected chi connectivity index (χ4v) is 5.86. The molecule has 0 radical (unpaired) electrons. The summed E-state index contributed by atoms with van der Waals surface area (Å²) in [6, 6.07) is 8.13. The number of piperazine rings is 1. The van der Waals surface area contributed by atoms with Crippen LogP contribution in [0.15, 0.2) is 24.3 Å². The molecule has 1 N–H and O–H groups in total. The number of piperidine rings is 1. The molecule has 0 bridgehead atoms. The summed E-state index contributed by atoms with van der Waals surface area (Å²) in [6.07, 6.45) is 9.32. The van der Waals surface area contributed by atoms with Crippen molar-refractivity contribution in [3.63, 3.8) is 0 Å². The minimum absolute atomic E-state index is 0.0573. The topological polar surface area (TPSA) is 61.9 Å². The number of hydrogen-bond donors (Lipinski definition) is 1. The molecule has 6 heteroatoms. The van der Waals surface area contributed by atoms with Crippen LogP contribution in [0.4, 0.5) is 0 Å². The second kappa shape index (κ2) is 11.1. The van der Waals surface area contributed by atoms with Gasteiger partial charge in [-0.25, -0.2) is 0 Å². The number of likely N-dealkylation sites (tertiary alicyclic amines) is 1. The Morgan fingerprint density at radius 2 is 1.76 bits per heavy atom. The number of nitrogens with one attached hydrogen (secondary N) is 1. The van der Waals surface area contributed by atoms with Crippen LogP contribution in [0.2, 0.25) is 0 Å². The van der Waals surface area contributed by atoms with Gasteiger partial charge in [-0.05, 0) is 75.0 Å². The first-order valence-electron chi connectivity index (χ1n) is 13.5. The Morgan fingerprint density at radius 3 is 2.38 bits per heavy atom. The van der Waals surface area contributed by atoms with E-state index in [0.717, 1.165) is 38.2 Å². The molecule has 6 nitrogen and oxygen atoms in total. The van der Waals surface area contributed by atoms with E-state index in [2.05, 4.69) is 55.3 Å². The highest BCUT2D eigenvalue weighted by Crippen LogP contribution is 2.35. The maximum absolute atomic E-state index is 13.4. The number of hydrogen-bond acceptors (Lipinski definition) is 4. The molecular weight excluding hydrogens is 426 g/mol. The van der Waals surface area contributed by atoms with Gasteiger partial charge in [0.2, 0.25) is 11.8 Å². The average molecular weight is 470 g/mol. The van der Waals surface area contributed by atoms with Crippen molar-refractivity contribution in [3.05, 3.63) is 29.8 Å². The molecule has 3 aliphatic rings. The standard InChI is InChI=1S/C28H43N3O3/c1-4-5-16-31-26(32)25(19-21(2)3)29-27(33)28(31)14-17-30(18-15-28)20-22-10-12-24(13-11-22)34-23-8-6-7-9-23/h10-13,21,23,25H,4-9,14-20H2,1-3H3,(H,29,33). The highest BCUT2D eigenvalue weighted by Gasteiger charge is 2.53. The van der Waals surface area contributed by atoms with Crippen LogP contribution in [0.3, 0.4) is 0 Å². The quantitative estimate of drug-likeness (QED) is 0.578. The Balaban J connectivity index is 1.37. The Labute approximate surface area is 205 Å². The summed E-state index contributed by atoms with van der Waals surface area (Å²) in [5.41, 5.74) is 0.577. The van der Waals surface area contributed by atoms with Crippen molar-refractivity contribution >= 4 is 11.8 Å². The Kier molecular flexibility index (Phi) is 8.18. The molecule has 2 heterocycles. The van der Waals surface area contributed by atoms with Crippen molar-refractivity contribution in [2.24, 2.45) is 5.92 Å². The molecule has 3 fully saturated rings. The highest BCUT2D eigenvalue weighted by atomic mass is 16.5. The number of nitrogens with zero attached hydrogens (tertiary/aromatic N) is 2. The first kappa shape index (κ1) is 25.0. The molecule has 2 saturated heterocycles. The van der Waals surface area contributed by atoms with Gasteiger partial charge in [0.15, 0.2) is 0 Å². The minimum Gasteiger partial charge on any atom is -0.490 e. The second-order valence-electron chi connectivity index (χ2n) is 11.0. The number of carbonyl (C=O) groups excluding carboxylic acids is 2. The predicted molar refractivity (Wildman–Crippen MR) is 135 cm³/mol. The largest absolute Gasteiger partial charge is 0.490 e. The van der Waals surface area contributed by atoms with E-state index >= 15 is 0 Å². The lowest BCUT2D eigenvalue weighted by molar-refractivity contribution is -0.161. The zero-order valence-corrected chi connectivity index (χ0v) is 21.4. The van der Waals surface area contributed by atoms with Crippen molar-refractivity contribution in [1.82, 2.24) is 15.1 Å². The highest BCUT2D eigenvalue weighted by molar-refractivity contribution is 6.00. The van der Waals surface area contributed by atoms with E-state index in [1.807, 2.05) is 4.90 Å². The zero-order chi connectivity index (χ0) is 24.1. The first-order valence-corrected chi connectivity index (χ1v) is 13.5. The Morgan fingerprint density at radius 1 is 1.09 bits per heavy atom. The maximum atomic E-state index is 13.4. The summed E-state index contributed by atoms with van der Waals surface area (Å²) in [5.74, 6) is 1.51. The fourth-order valence-electron chi connectivity index (χ4n) is 5.86. The second-order valence-corrected chi connectivity index (χ2v) is 11.0. The summed E-state index contributed by atoms with van der Waals surface area (Å²) in [7, 11) is 0. The van der Waals surface area contributed by atoms with Crippen LogP contribution >= 0.6 is 0 Å². The van der Waals surface area contributed by atoms with Gasteiger partial charge in [-0.1, -0.05) is 39.3 Å². The number of unbranched alkanes of at least 4 members (excludes halogenated alkanes) is 1.